The summed E-state index contributed by atoms with van der Waals surface area (Å²) in [7, 11) is 0. The van der Waals surface area contributed by atoms with Gasteiger partial charge in [0, 0.05) is 44.8 Å². The molecule has 2 aromatic heterocycles. The normalized spacial score (nSPS) is 19.8. The van der Waals surface area contributed by atoms with Crippen LogP contribution in [0, 0.1) is 0 Å². The summed E-state index contributed by atoms with van der Waals surface area (Å²) in [5.41, 5.74) is 2.30. The minimum Gasteiger partial charge on any atom is -0.444 e. The first-order valence-corrected chi connectivity index (χ1v) is 12.4. The average molecular weight is 479 g/mol. The third-order valence-electron chi connectivity index (χ3n) is 6.63. The SMILES string of the molecule is C[C@H]1CN(C(=O)OC(C)(C)C)CCN1c1ncnc2c1c(C1CCOCC1)nn2-c1ccccc1. The minimum atomic E-state index is -0.513. The van der Waals surface area contributed by atoms with Crippen molar-refractivity contribution in [3.63, 3.8) is 0 Å². The van der Waals surface area contributed by atoms with Gasteiger partial charge >= 0.3 is 6.09 Å². The molecular formula is C26H34N6O3. The number of para-hydroxylation sites is 1. The van der Waals surface area contributed by atoms with Gasteiger partial charge in [0.25, 0.3) is 0 Å². The summed E-state index contributed by atoms with van der Waals surface area (Å²) in [6.45, 7) is 11.1. The van der Waals surface area contributed by atoms with Crippen molar-refractivity contribution >= 4 is 22.9 Å². The molecule has 0 saturated carbocycles. The van der Waals surface area contributed by atoms with E-state index in [1.807, 2.05) is 55.8 Å². The second-order valence-electron chi connectivity index (χ2n) is 10.4. The zero-order chi connectivity index (χ0) is 24.6. The number of piperazine rings is 1. The molecule has 35 heavy (non-hydrogen) atoms. The lowest BCUT2D eigenvalue weighted by Gasteiger charge is -2.41. The molecule has 2 aliphatic rings. The monoisotopic (exact) mass is 478 g/mol. The Kier molecular flexibility index (Phi) is 6.35. The predicted molar refractivity (Wildman–Crippen MR) is 134 cm³/mol. The first-order chi connectivity index (χ1) is 16.8. The number of hydrogen-bond acceptors (Lipinski definition) is 7. The van der Waals surface area contributed by atoms with Crippen LogP contribution in [0.2, 0.25) is 0 Å². The van der Waals surface area contributed by atoms with Gasteiger partial charge in [0.15, 0.2) is 5.65 Å². The fraction of sp³-hybridized carbons (Fsp3) is 0.538. The van der Waals surface area contributed by atoms with Crippen molar-refractivity contribution in [1.82, 2.24) is 24.6 Å². The maximum atomic E-state index is 12.7. The van der Waals surface area contributed by atoms with E-state index in [1.54, 1.807) is 11.2 Å². The van der Waals surface area contributed by atoms with Crippen molar-refractivity contribution < 1.29 is 14.3 Å². The van der Waals surface area contributed by atoms with E-state index in [0.717, 1.165) is 54.3 Å². The summed E-state index contributed by atoms with van der Waals surface area (Å²) >= 11 is 0. The van der Waals surface area contributed by atoms with Crippen LogP contribution >= 0.6 is 0 Å². The molecule has 2 aliphatic heterocycles. The molecule has 2 saturated heterocycles. The molecule has 4 heterocycles. The van der Waals surface area contributed by atoms with E-state index < -0.39 is 5.60 Å². The molecule has 9 nitrogen and oxygen atoms in total. The zero-order valence-electron chi connectivity index (χ0n) is 21.0. The van der Waals surface area contributed by atoms with Gasteiger partial charge in [-0.3, -0.25) is 0 Å². The topological polar surface area (TPSA) is 85.6 Å². The quantitative estimate of drug-likeness (QED) is 0.559. The number of carbonyl (C=O) groups excluding carboxylic acids is 1. The van der Waals surface area contributed by atoms with Crippen LogP contribution in [-0.4, -0.2) is 75.2 Å². The molecule has 3 aromatic rings. The number of benzene rings is 1. The molecular weight excluding hydrogens is 444 g/mol. The summed E-state index contributed by atoms with van der Waals surface area (Å²) in [5.74, 6) is 1.18. The lowest BCUT2D eigenvalue weighted by atomic mass is 9.94. The highest BCUT2D eigenvalue weighted by atomic mass is 16.6. The van der Waals surface area contributed by atoms with E-state index in [2.05, 4.69) is 16.8 Å². The van der Waals surface area contributed by atoms with E-state index in [0.29, 0.717) is 25.6 Å². The second kappa shape index (κ2) is 9.45. The van der Waals surface area contributed by atoms with Gasteiger partial charge in [0.2, 0.25) is 0 Å². The molecule has 0 N–H and O–H groups in total. The van der Waals surface area contributed by atoms with Crippen molar-refractivity contribution in [3.05, 3.63) is 42.4 Å². The van der Waals surface area contributed by atoms with Gasteiger partial charge in [0.05, 0.1) is 16.8 Å². The van der Waals surface area contributed by atoms with Crippen LogP contribution in [0.15, 0.2) is 36.7 Å². The largest absolute Gasteiger partial charge is 0.444 e. The number of nitrogens with zero attached hydrogens (tertiary/aromatic N) is 6. The number of fused-ring (bicyclic) bond motifs is 1. The molecule has 0 aliphatic carbocycles. The van der Waals surface area contributed by atoms with Crippen LogP contribution in [0.5, 0.6) is 0 Å². The molecule has 1 atom stereocenters. The van der Waals surface area contributed by atoms with Crippen LogP contribution in [0.25, 0.3) is 16.7 Å². The van der Waals surface area contributed by atoms with Crippen LogP contribution in [0.1, 0.15) is 52.1 Å². The summed E-state index contributed by atoms with van der Waals surface area (Å²) in [6.07, 6.45) is 3.21. The lowest BCUT2D eigenvalue weighted by molar-refractivity contribution is 0.0218. The first-order valence-electron chi connectivity index (χ1n) is 12.4. The number of rotatable bonds is 3. The van der Waals surface area contributed by atoms with Gasteiger partial charge < -0.3 is 19.3 Å². The van der Waals surface area contributed by atoms with Crippen molar-refractivity contribution in [2.75, 3.05) is 37.7 Å². The van der Waals surface area contributed by atoms with Crippen LogP contribution in [-0.2, 0) is 9.47 Å². The van der Waals surface area contributed by atoms with Crippen molar-refractivity contribution in [1.29, 1.82) is 0 Å². The van der Waals surface area contributed by atoms with Gasteiger partial charge in [-0.05, 0) is 52.7 Å². The Hall–Kier alpha value is -3.20. The molecule has 1 amide bonds. The molecule has 0 bridgehead atoms. The summed E-state index contributed by atoms with van der Waals surface area (Å²) in [5, 5.41) is 6.10. The van der Waals surface area contributed by atoms with Gasteiger partial charge in [-0.2, -0.15) is 5.10 Å². The molecule has 5 rings (SSSR count). The zero-order valence-corrected chi connectivity index (χ0v) is 21.0. The smallest absolute Gasteiger partial charge is 0.410 e. The predicted octanol–water partition coefficient (Wildman–Crippen LogP) is 4.16. The fourth-order valence-corrected chi connectivity index (χ4v) is 4.95. The number of carbonyl (C=O) groups is 1. The van der Waals surface area contributed by atoms with Gasteiger partial charge in [-0.25, -0.2) is 19.4 Å². The van der Waals surface area contributed by atoms with Gasteiger partial charge in [0.1, 0.15) is 17.7 Å². The number of hydrogen-bond donors (Lipinski definition) is 0. The fourth-order valence-electron chi connectivity index (χ4n) is 4.95. The summed E-state index contributed by atoms with van der Waals surface area (Å²) < 4.78 is 13.2. The van der Waals surface area contributed by atoms with Gasteiger partial charge in [-0.1, -0.05) is 18.2 Å². The molecule has 0 spiro atoms. The summed E-state index contributed by atoms with van der Waals surface area (Å²) in [4.78, 5) is 26.2. The third kappa shape index (κ3) is 4.82. The minimum absolute atomic E-state index is 0.0667. The second-order valence-corrected chi connectivity index (χ2v) is 10.4. The standard InChI is InChI=1S/C26H34N6O3/c1-18-16-30(25(33)35-26(2,3)4)12-13-31(18)23-21-22(19-10-14-34-15-11-19)29-32(24(21)28-17-27-23)20-8-6-5-7-9-20/h5-9,17-19H,10-16H2,1-4H3/t18-/m0/s1. The highest BCUT2D eigenvalue weighted by molar-refractivity contribution is 5.91. The first kappa shape index (κ1) is 23.5. The van der Waals surface area contributed by atoms with E-state index in [9.17, 15) is 4.79 Å². The molecule has 9 heteroatoms. The van der Waals surface area contributed by atoms with Crippen LogP contribution < -0.4 is 4.90 Å². The Morgan fingerprint density at radius 3 is 2.51 bits per heavy atom. The Bertz CT molecular complexity index is 1180. The van der Waals surface area contributed by atoms with Crippen LogP contribution in [0.4, 0.5) is 10.6 Å². The highest BCUT2D eigenvalue weighted by Crippen LogP contribution is 2.37. The third-order valence-corrected chi connectivity index (χ3v) is 6.63. The molecule has 2 fully saturated rings. The van der Waals surface area contributed by atoms with E-state index in [1.165, 1.54) is 0 Å². The average Bonchev–Trinajstić information content (AvgIpc) is 3.24. The maximum Gasteiger partial charge on any atom is 0.410 e. The Labute approximate surface area is 206 Å². The number of ether oxygens (including phenoxy) is 2. The summed E-state index contributed by atoms with van der Waals surface area (Å²) in [6, 6.07) is 10.2. The number of aromatic nitrogens is 4. The molecule has 1 aromatic carbocycles. The Morgan fingerprint density at radius 2 is 1.83 bits per heavy atom. The van der Waals surface area contributed by atoms with E-state index >= 15 is 0 Å². The Morgan fingerprint density at radius 1 is 1.09 bits per heavy atom. The van der Waals surface area contributed by atoms with E-state index in [4.69, 9.17) is 19.6 Å². The van der Waals surface area contributed by atoms with Crippen molar-refractivity contribution in [2.45, 2.75) is 58.1 Å². The van der Waals surface area contributed by atoms with Gasteiger partial charge in [-0.15, -0.1) is 0 Å². The molecule has 186 valence electrons. The van der Waals surface area contributed by atoms with E-state index in [-0.39, 0.29) is 12.1 Å². The molecule has 0 unspecified atom stereocenters. The van der Waals surface area contributed by atoms with Crippen molar-refractivity contribution in [3.8, 4) is 5.69 Å². The number of amides is 1. The van der Waals surface area contributed by atoms with Crippen LogP contribution in [0.3, 0.4) is 0 Å². The molecule has 0 radical (unpaired) electrons. The Balaban J connectivity index is 1.52. The van der Waals surface area contributed by atoms with Crippen molar-refractivity contribution in [2.24, 2.45) is 0 Å². The highest BCUT2D eigenvalue weighted by Gasteiger charge is 2.33. The lowest BCUT2D eigenvalue weighted by Crippen LogP contribution is -2.54. The maximum absolute atomic E-state index is 12.7. The number of anilines is 1.